The minimum atomic E-state index is 0.464. The molecule has 3 nitrogen and oxygen atoms in total. The van der Waals surface area contributed by atoms with Crippen LogP contribution in [-0.4, -0.2) is 14.2 Å². The van der Waals surface area contributed by atoms with Gasteiger partial charge in [0.2, 0.25) is 0 Å². The lowest BCUT2D eigenvalue weighted by Gasteiger charge is -2.08. The molecule has 0 aliphatic carbocycles. The highest BCUT2D eigenvalue weighted by Gasteiger charge is 2.09. The maximum atomic E-state index is 9.19. The molecule has 2 aromatic rings. The molecule has 0 radical (unpaired) electrons. The summed E-state index contributed by atoms with van der Waals surface area (Å²) in [6, 6.07) is 15.1. The third-order valence-corrected chi connectivity index (χ3v) is 2.76. The Morgan fingerprint density at radius 2 is 1.45 bits per heavy atom. The number of methoxy groups -OCH3 is 2. The molecule has 0 saturated heterocycles. The van der Waals surface area contributed by atoms with E-state index in [9.17, 15) is 5.26 Å². The Morgan fingerprint density at radius 1 is 0.850 bits per heavy atom. The van der Waals surface area contributed by atoms with Gasteiger partial charge < -0.3 is 9.47 Å². The molecule has 0 bridgehead atoms. The van der Waals surface area contributed by atoms with Crippen LogP contribution in [0.4, 0.5) is 0 Å². The molecule has 2 rings (SSSR count). The van der Waals surface area contributed by atoms with Crippen LogP contribution in [0.2, 0.25) is 0 Å². The van der Waals surface area contributed by atoms with Gasteiger partial charge in [0.25, 0.3) is 0 Å². The molecule has 0 aromatic heterocycles. The van der Waals surface area contributed by atoms with Gasteiger partial charge in [-0.3, -0.25) is 0 Å². The highest BCUT2D eigenvalue weighted by molar-refractivity contribution is 5.58. The molecule has 98 valence electrons. The third-order valence-electron chi connectivity index (χ3n) is 2.76. The molecule has 0 fully saturated rings. The molecule has 0 spiro atoms. The topological polar surface area (TPSA) is 42.2 Å². The van der Waals surface area contributed by atoms with Gasteiger partial charge in [-0.05, 0) is 12.1 Å². The molecule has 0 amide bonds. The van der Waals surface area contributed by atoms with Crippen LogP contribution in [0.3, 0.4) is 0 Å². The summed E-state index contributed by atoms with van der Waals surface area (Å²) in [7, 11) is 3.09. The predicted octanol–water partition coefficient (Wildman–Crippen LogP) is 2.98. The van der Waals surface area contributed by atoms with Crippen LogP contribution < -0.4 is 9.47 Å². The molecular formula is C17H13NO2. The van der Waals surface area contributed by atoms with Gasteiger partial charge in [0, 0.05) is 23.3 Å². The average molecular weight is 263 g/mol. The van der Waals surface area contributed by atoms with Crippen LogP contribution in [0.25, 0.3) is 0 Å². The first-order valence-electron chi connectivity index (χ1n) is 6.01. The summed E-state index contributed by atoms with van der Waals surface area (Å²) in [6.07, 6.45) is 0. The Bertz CT molecular complexity index is 703. The van der Waals surface area contributed by atoms with E-state index in [1.807, 2.05) is 30.3 Å². The first-order valence-corrected chi connectivity index (χ1v) is 6.01. The quantitative estimate of drug-likeness (QED) is 0.782. The van der Waals surface area contributed by atoms with Gasteiger partial charge in [0.15, 0.2) is 11.5 Å². The Morgan fingerprint density at radius 3 is 2.00 bits per heavy atom. The van der Waals surface area contributed by atoms with E-state index in [1.54, 1.807) is 19.2 Å². The Kier molecular flexibility index (Phi) is 4.27. The summed E-state index contributed by atoms with van der Waals surface area (Å²) >= 11 is 0. The highest BCUT2D eigenvalue weighted by Crippen LogP contribution is 2.29. The molecule has 2 aromatic carbocycles. The van der Waals surface area contributed by atoms with E-state index in [0.29, 0.717) is 22.6 Å². The summed E-state index contributed by atoms with van der Waals surface area (Å²) in [5.74, 6) is 7.11. The Hall–Kier alpha value is -2.91. The van der Waals surface area contributed by atoms with Gasteiger partial charge in [-0.1, -0.05) is 30.0 Å². The van der Waals surface area contributed by atoms with Gasteiger partial charge in [-0.15, -0.1) is 0 Å². The zero-order valence-corrected chi connectivity index (χ0v) is 11.3. The van der Waals surface area contributed by atoms with Crippen LogP contribution in [0.15, 0.2) is 42.5 Å². The van der Waals surface area contributed by atoms with Gasteiger partial charge in [-0.2, -0.15) is 5.26 Å². The fourth-order valence-electron chi connectivity index (χ4n) is 1.74. The maximum absolute atomic E-state index is 9.19. The number of nitrogens with zero attached hydrogens (tertiary/aromatic N) is 1. The smallest absolute Gasteiger partial charge is 0.162 e. The van der Waals surface area contributed by atoms with Crippen molar-refractivity contribution in [1.29, 1.82) is 5.26 Å². The predicted molar refractivity (Wildman–Crippen MR) is 76.7 cm³/mol. The number of hydrogen-bond acceptors (Lipinski definition) is 3. The summed E-state index contributed by atoms with van der Waals surface area (Å²) in [5.41, 5.74) is 1.98. The molecule has 0 aliphatic rings. The highest BCUT2D eigenvalue weighted by atomic mass is 16.5. The lowest BCUT2D eigenvalue weighted by Crippen LogP contribution is -1.94. The zero-order chi connectivity index (χ0) is 14.4. The zero-order valence-electron chi connectivity index (χ0n) is 11.3. The number of benzene rings is 2. The minimum absolute atomic E-state index is 0.464. The molecule has 0 atom stereocenters. The maximum Gasteiger partial charge on any atom is 0.162 e. The van der Waals surface area contributed by atoms with Crippen molar-refractivity contribution in [3.8, 4) is 29.4 Å². The van der Waals surface area contributed by atoms with E-state index in [4.69, 9.17) is 9.47 Å². The largest absolute Gasteiger partial charge is 0.493 e. The van der Waals surface area contributed by atoms with Crippen LogP contribution in [0, 0.1) is 23.2 Å². The van der Waals surface area contributed by atoms with Crippen LogP contribution in [0.1, 0.15) is 16.7 Å². The molecule has 20 heavy (non-hydrogen) atoms. The molecule has 0 heterocycles. The fraction of sp³-hybridized carbons (Fsp3) is 0.118. The molecular weight excluding hydrogens is 250 g/mol. The van der Waals surface area contributed by atoms with E-state index in [1.165, 1.54) is 7.11 Å². The lowest BCUT2D eigenvalue weighted by molar-refractivity contribution is 0.355. The molecule has 0 aliphatic heterocycles. The van der Waals surface area contributed by atoms with Crippen molar-refractivity contribution in [3.63, 3.8) is 0 Å². The molecule has 0 saturated carbocycles. The van der Waals surface area contributed by atoms with Crippen molar-refractivity contribution < 1.29 is 9.47 Å². The van der Waals surface area contributed by atoms with E-state index in [0.717, 1.165) is 5.56 Å². The summed E-state index contributed by atoms with van der Waals surface area (Å²) in [5, 5.41) is 9.19. The first kappa shape index (κ1) is 13.5. The second kappa shape index (κ2) is 6.31. The van der Waals surface area contributed by atoms with Crippen molar-refractivity contribution in [3.05, 3.63) is 59.2 Å². The normalized spacial score (nSPS) is 9.05. The SMILES string of the molecule is COc1cc(C#N)c(C#Cc2ccccc2)cc1OC. The van der Waals surface area contributed by atoms with Crippen molar-refractivity contribution >= 4 is 0 Å². The minimum Gasteiger partial charge on any atom is -0.493 e. The van der Waals surface area contributed by atoms with Crippen LogP contribution in [-0.2, 0) is 0 Å². The van der Waals surface area contributed by atoms with E-state index in [-0.39, 0.29) is 0 Å². The third kappa shape index (κ3) is 2.91. The van der Waals surface area contributed by atoms with E-state index in [2.05, 4.69) is 17.9 Å². The molecule has 0 N–H and O–H groups in total. The monoisotopic (exact) mass is 263 g/mol. The van der Waals surface area contributed by atoms with Gasteiger partial charge in [-0.25, -0.2) is 0 Å². The second-order valence-corrected chi connectivity index (χ2v) is 3.98. The van der Waals surface area contributed by atoms with Crippen molar-refractivity contribution in [2.45, 2.75) is 0 Å². The first-order chi connectivity index (χ1) is 9.78. The van der Waals surface area contributed by atoms with Gasteiger partial charge >= 0.3 is 0 Å². The summed E-state index contributed by atoms with van der Waals surface area (Å²) in [4.78, 5) is 0. The second-order valence-electron chi connectivity index (χ2n) is 3.98. The standard InChI is InChI=1S/C17H13NO2/c1-19-16-10-14(15(12-18)11-17(16)20-2)9-8-13-6-4-3-5-7-13/h3-7,10-11H,1-2H3. The fourth-order valence-corrected chi connectivity index (χ4v) is 1.74. The van der Waals surface area contributed by atoms with Crippen molar-refractivity contribution in [1.82, 2.24) is 0 Å². The van der Waals surface area contributed by atoms with Crippen molar-refractivity contribution in [2.75, 3.05) is 14.2 Å². The number of rotatable bonds is 2. The number of nitriles is 1. The summed E-state index contributed by atoms with van der Waals surface area (Å²) in [6.45, 7) is 0. The molecule has 0 unspecified atom stereocenters. The average Bonchev–Trinajstić information content (AvgIpc) is 2.52. The van der Waals surface area contributed by atoms with Crippen molar-refractivity contribution in [2.24, 2.45) is 0 Å². The van der Waals surface area contributed by atoms with E-state index >= 15 is 0 Å². The Labute approximate surface area is 118 Å². The molecule has 3 heteroatoms. The lowest BCUT2D eigenvalue weighted by atomic mass is 10.1. The van der Waals surface area contributed by atoms with Crippen LogP contribution in [0.5, 0.6) is 11.5 Å². The van der Waals surface area contributed by atoms with Gasteiger partial charge in [0.1, 0.15) is 6.07 Å². The number of hydrogen-bond donors (Lipinski definition) is 0. The van der Waals surface area contributed by atoms with Crippen LogP contribution >= 0.6 is 0 Å². The summed E-state index contributed by atoms with van der Waals surface area (Å²) < 4.78 is 10.4. The Balaban J connectivity index is 2.47. The van der Waals surface area contributed by atoms with Gasteiger partial charge in [0.05, 0.1) is 19.8 Å². The van der Waals surface area contributed by atoms with E-state index < -0.39 is 0 Å². The number of ether oxygens (including phenoxy) is 2.